The van der Waals surface area contributed by atoms with Crippen LogP contribution < -0.4 is 4.90 Å². The highest BCUT2D eigenvalue weighted by Crippen LogP contribution is 2.27. The minimum absolute atomic E-state index is 0.724. The van der Waals surface area contributed by atoms with Gasteiger partial charge < -0.3 is 9.88 Å². The standard InChI is InChI=1S/C24H24N6S/c25-14-20-16-27-22-6-5-18(13-21(20)22)3-2-8-29-9-11-30(12-10-29)24-28-23(17-31-24)19-4-1-7-26-15-19/h1,4-7,13,15-17,27H,2-3,8-12H2. The molecule has 3 aromatic heterocycles. The van der Waals surface area contributed by atoms with Crippen molar-refractivity contribution in [3.05, 3.63) is 65.4 Å². The van der Waals surface area contributed by atoms with Crippen LogP contribution in [0.5, 0.6) is 0 Å². The van der Waals surface area contributed by atoms with Crippen molar-refractivity contribution < 1.29 is 0 Å². The van der Waals surface area contributed by atoms with E-state index in [1.165, 1.54) is 5.56 Å². The van der Waals surface area contributed by atoms with E-state index in [0.717, 1.165) is 78.4 Å². The van der Waals surface area contributed by atoms with Crippen LogP contribution in [0.1, 0.15) is 17.5 Å². The molecule has 156 valence electrons. The monoisotopic (exact) mass is 428 g/mol. The first-order valence-corrected chi connectivity index (χ1v) is 11.5. The van der Waals surface area contributed by atoms with E-state index >= 15 is 0 Å². The largest absolute Gasteiger partial charge is 0.360 e. The zero-order chi connectivity index (χ0) is 21.0. The fraction of sp³-hybridized carbons (Fsp3) is 0.292. The topological polar surface area (TPSA) is 71.8 Å². The molecule has 0 radical (unpaired) electrons. The Hall–Kier alpha value is -3.21. The van der Waals surface area contributed by atoms with Gasteiger partial charge in [0.15, 0.2) is 5.13 Å². The number of aryl methyl sites for hydroxylation is 1. The Morgan fingerprint density at radius 2 is 2.06 bits per heavy atom. The first kappa shape index (κ1) is 19.7. The molecule has 0 unspecified atom stereocenters. The lowest BCUT2D eigenvalue weighted by molar-refractivity contribution is 0.255. The molecule has 1 aliphatic heterocycles. The Morgan fingerprint density at radius 3 is 2.87 bits per heavy atom. The highest BCUT2D eigenvalue weighted by molar-refractivity contribution is 7.14. The Labute approximate surface area is 185 Å². The number of thiazole rings is 1. The van der Waals surface area contributed by atoms with Crippen LogP contribution >= 0.6 is 11.3 Å². The predicted molar refractivity (Wildman–Crippen MR) is 125 cm³/mol. The maximum absolute atomic E-state index is 9.24. The van der Waals surface area contributed by atoms with Gasteiger partial charge in [0, 0.05) is 66.6 Å². The highest BCUT2D eigenvalue weighted by Gasteiger charge is 2.19. The average molecular weight is 429 g/mol. The molecule has 0 aliphatic carbocycles. The molecule has 1 fully saturated rings. The summed E-state index contributed by atoms with van der Waals surface area (Å²) in [6, 6.07) is 12.7. The number of piperazine rings is 1. The number of hydrogen-bond acceptors (Lipinski definition) is 6. The normalized spacial score (nSPS) is 14.7. The molecule has 1 N–H and O–H groups in total. The van der Waals surface area contributed by atoms with E-state index in [9.17, 15) is 5.26 Å². The van der Waals surface area contributed by atoms with E-state index in [2.05, 4.69) is 55.5 Å². The van der Waals surface area contributed by atoms with Crippen molar-refractivity contribution in [3.8, 4) is 17.3 Å². The Balaban J connectivity index is 1.12. The molecule has 0 atom stereocenters. The molecule has 5 rings (SSSR count). The third-order valence-electron chi connectivity index (χ3n) is 5.90. The molecule has 1 aromatic carbocycles. The summed E-state index contributed by atoms with van der Waals surface area (Å²) >= 11 is 1.71. The zero-order valence-corrected chi connectivity index (χ0v) is 18.1. The fourth-order valence-electron chi connectivity index (χ4n) is 4.14. The lowest BCUT2D eigenvalue weighted by atomic mass is 10.1. The van der Waals surface area contributed by atoms with Crippen LogP contribution in [0.25, 0.3) is 22.2 Å². The van der Waals surface area contributed by atoms with Crippen LogP contribution in [0.4, 0.5) is 5.13 Å². The third kappa shape index (κ3) is 4.31. The molecule has 0 amide bonds. The molecular formula is C24H24N6S. The number of H-pyrrole nitrogens is 1. The summed E-state index contributed by atoms with van der Waals surface area (Å²) in [4.78, 5) is 17.1. The van der Waals surface area contributed by atoms with E-state index in [4.69, 9.17) is 4.98 Å². The van der Waals surface area contributed by atoms with Gasteiger partial charge in [-0.15, -0.1) is 11.3 Å². The minimum atomic E-state index is 0.724. The van der Waals surface area contributed by atoms with E-state index in [1.807, 2.05) is 12.3 Å². The molecule has 1 aliphatic rings. The first-order valence-electron chi connectivity index (χ1n) is 10.6. The van der Waals surface area contributed by atoms with Gasteiger partial charge in [0.05, 0.1) is 11.3 Å². The summed E-state index contributed by atoms with van der Waals surface area (Å²) in [5.41, 5.74) is 5.14. The average Bonchev–Trinajstić information content (AvgIpc) is 3.47. The number of pyridine rings is 1. The molecule has 6 nitrogen and oxygen atoms in total. The van der Waals surface area contributed by atoms with Gasteiger partial charge in [0.1, 0.15) is 6.07 Å². The zero-order valence-electron chi connectivity index (χ0n) is 17.3. The summed E-state index contributed by atoms with van der Waals surface area (Å²) in [6.45, 7) is 5.26. The number of nitriles is 1. The van der Waals surface area contributed by atoms with Crippen LogP contribution in [0.2, 0.25) is 0 Å². The number of fused-ring (bicyclic) bond motifs is 1. The third-order valence-corrected chi connectivity index (χ3v) is 6.80. The second-order valence-corrected chi connectivity index (χ2v) is 8.72. The molecule has 1 saturated heterocycles. The van der Waals surface area contributed by atoms with Gasteiger partial charge in [-0.1, -0.05) is 6.07 Å². The molecule has 31 heavy (non-hydrogen) atoms. The molecule has 4 heterocycles. The van der Waals surface area contributed by atoms with Crippen molar-refractivity contribution in [2.24, 2.45) is 0 Å². The van der Waals surface area contributed by atoms with E-state index < -0.39 is 0 Å². The number of aromatic amines is 1. The summed E-state index contributed by atoms with van der Waals surface area (Å²) in [5.74, 6) is 0. The molecule has 4 aromatic rings. The summed E-state index contributed by atoms with van der Waals surface area (Å²) in [5, 5.41) is 13.5. The van der Waals surface area contributed by atoms with E-state index in [0.29, 0.717) is 0 Å². The Morgan fingerprint density at radius 1 is 1.16 bits per heavy atom. The molecule has 7 heteroatoms. The van der Waals surface area contributed by atoms with Gasteiger partial charge in [0.25, 0.3) is 0 Å². The maximum atomic E-state index is 9.24. The number of nitrogens with zero attached hydrogens (tertiary/aromatic N) is 5. The SMILES string of the molecule is N#Cc1c[nH]c2ccc(CCCN3CCN(c4nc(-c5cccnc5)cs4)CC3)cc12. The molecular weight excluding hydrogens is 404 g/mol. The van der Waals surface area contributed by atoms with Crippen molar-refractivity contribution in [1.29, 1.82) is 5.26 Å². The second-order valence-electron chi connectivity index (χ2n) is 7.88. The predicted octanol–water partition coefficient (Wildman–Crippen LogP) is 4.31. The number of rotatable bonds is 6. The summed E-state index contributed by atoms with van der Waals surface area (Å²) < 4.78 is 0. The summed E-state index contributed by atoms with van der Waals surface area (Å²) in [6.07, 6.45) is 7.60. The second kappa shape index (κ2) is 8.88. The van der Waals surface area contributed by atoms with Crippen molar-refractivity contribution in [3.63, 3.8) is 0 Å². The van der Waals surface area contributed by atoms with Crippen LogP contribution in [-0.4, -0.2) is 52.6 Å². The van der Waals surface area contributed by atoms with Gasteiger partial charge >= 0.3 is 0 Å². The minimum Gasteiger partial charge on any atom is -0.360 e. The Kier molecular flexibility index (Phi) is 5.65. The number of aromatic nitrogens is 3. The van der Waals surface area contributed by atoms with Gasteiger partial charge in [-0.25, -0.2) is 4.98 Å². The lowest BCUT2D eigenvalue weighted by Gasteiger charge is -2.34. The van der Waals surface area contributed by atoms with Gasteiger partial charge in [-0.3, -0.25) is 9.88 Å². The quantitative estimate of drug-likeness (QED) is 0.495. The molecule has 0 saturated carbocycles. The molecule has 0 bridgehead atoms. The van der Waals surface area contributed by atoms with Crippen molar-refractivity contribution in [2.75, 3.05) is 37.6 Å². The van der Waals surface area contributed by atoms with Crippen molar-refractivity contribution in [1.82, 2.24) is 19.9 Å². The highest BCUT2D eigenvalue weighted by atomic mass is 32.1. The van der Waals surface area contributed by atoms with Gasteiger partial charge in [-0.2, -0.15) is 5.26 Å². The molecule has 0 spiro atoms. The van der Waals surface area contributed by atoms with Crippen LogP contribution in [0.15, 0.2) is 54.3 Å². The maximum Gasteiger partial charge on any atom is 0.185 e. The number of benzene rings is 1. The smallest absolute Gasteiger partial charge is 0.185 e. The van der Waals surface area contributed by atoms with Crippen LogP contribution in [-0.2, 0) is 6.42 Å². The van der Waals surface area contributed by atoms with Crippen LogP contribution in [0, 0.1) is 11.3 Å². The van der Waals surface area contributed by atoms with E-state index in [1.54, 1.807) is 23.7 Å². The number of anilines is 1. The Bertz CT molecular complexity index is 1200. The first-order chi connectivity index (χ1) is 15.3. The van der Waals surface area contributed by atoms with E-state index in [-0.39, 0.29) is 0 Å². The fourth-order valence-corrected chi connectivity index (χ4v) is 5.03. The van der Waals surface area contributed by atoms with Gasteiger partial charge in [-0.05, 0) is 49.2 Å². The van der Waals surface area contributed by atoms with Crippen LogP contribution in [0.3, 0.4) is 0 Å². The van der Waals surface area contributed by atoms with Gasteiger partial charge in [0.2, 0.25) is 0 Å². The van der Waals surface area contributed by atoms with Crippen molar-refractivity contribution >= 4 is 27.4 Å². The number of nitrogens with one attached hydrogen (secondary N) is 1. The number of hydrogen-bond donors (Lipinski definition) is 1. The summed E-state index contributed by atoms with van der Waals surface area (Å²) in [7, 11) is 0. The van der Waals surface area contributed by atoms with Crippen molar-refractivity contribution in [2.45, 2.75) is 12.8 Å². The lowest BCUT2D eigenvalue weighted by Crippen LogP contribution is -2.46.